The molecule has 0 bridgehead atoms. The molecule has 5 aromatic heterocycles. The fourth-order valence-corrected chi connectivity index (χ4v) is 13.4. The van der Waals surface area contributed by atoms with Crippen molar-refractivity contribution in [1.82, 2.24) is 44.5 Å². The van der Waals surface area contributed by atoms with Crippen molar-refractivity contribution in [3.63, 3.8) is 0 Å². The van der Waals surface area contributed by atoms with E-state index in [1.54, 1.807) is 18.2 Å². The highest BCUT2D eigenvalue weighted by atomic mass is 35.5. The van der Waals surface area contributed by atoms with Crippen molar-refractivity contribution in [3.8, 4) is 10.6 Å². The van der Waals surface area contributed by atoms with E-state index in [4.69, 9.17) is 52.1 Å². The maximum atomic E-state index is 13.1. The predicted molar refractivity (Wildman–Crippen MR) is 318 cm³/mol. The second kappa shape index (κ2) is 23.9. The predicted octanol–water partition coefficient (Wildman–Crippen LogP) is 10.8. The molecule has 13 rings (SSSR count). The molecule has 7 amide bonds. The highest BCUT2D eigenvalue weighted by Gasteiger charge is 2.44. The lowest BCUT2D eigenvalue weighted by Gasteiger charge is -2.24. The molecule has 0 radical (unpaired) electrons. The zero-order chi connectivity index (χ0) is 59.6. The largest absolute Gasteiger partial charge is 0.383 e. The van der Waals surface area contributed by atoms with Gasteiger partial charge in [-0.25, -0.2) is 24.9 Å². The van der Waals surface area contributed by atoms with Gasteiger partial charge in [0, 0.05) is 71.1 Å². The smallest absolute Gasteiger partial charge is 0.258 e. The molecule has 0 spiro atoms. The van der Waals surface area contributed by atoms with Gasteiger partial charge in [-0.3, -0.25) is 33.6 Å². The van der Waals surface area contributed by atoms with Crippen LogP contribution in [0.15, 0.2) is 24.3 Å². The Balaban J connectivity index is 0.000000127. The average molecular weight is 1230 g/mol. The second-order valence-corrected chi connectivity index (χ2v) is 25.4. The summed E-state index contributed by atoms with van der Waals surface area (Å²) in [6.07, 6.45) is 9.52. The van der Waals surface area contributed by atoms with E-state index in [2.05, 4.69) is 68.6 Å². The van der Waals surface area contributed by atoms with E-state index >= 15 is 0 Å². The number of hydrogen-bond acceptors (Lipinski definition) is 14. The number of fused-ring (bicyclic) bond motifs is 4. The number of nitrogen functional groups attached to an aromatic ring is 1. The molecule has 4 saturated carbocycles. The summed E-state index contributed by atoms with van der Waals surface area (Å²) in [5.41, 5.74) is 12.7. The van der Waals surface area contributed by atoms with Crippen molar-refractivity contribution in [2.45, 2.75) is 157 Å². The Morgan fingerprint density at radius 1 is 0.506 bits per heavy atom. The molecule has 4 aliphatic heterocycles. The Morgan fingerprint density at radius 2 is 0.855 bits per heavy atom. The first kappa shape index (κ1) is 59.6. The first-order valence-electron chi connectivity index (χ1n) is 27.9. The summed E-state index contributed by atoms with van der Waals surface area (Å²) in [5.74, 6) is 2.38. The highest BCUT2D eigenvalue weighted by Crippen LogP contribution is 2.44. The number of nitrogens with two attached hydrogens (primary N) is 1. The fraction of sp³-hybridized carbons (Fsp3) is 0.483. The maximum Gasteiger partial charge on any atom is 0.258 e. The van der Waals surface area contributed by atoms with Crippen LogP contribution in [0.3, 0.4) is 0 Å². The number of carbonyl (C=O) groups excluding carboxylic acids is 7. The molecule has 5 aromatic rings. The lowest BCUT2D eigenvalue weighted by Crippen LogP contribution is -2.35. The third-order valence-electron chi connectivity index (χ3n) is 16.6. The van der Waals surface area contributed by atoms with Gasteiger partial charge in [0.2, 0.25) is 17.7 Å². The third-order valence-corrected chi connectivity index (χ3v) is 18.6. The van der Waals surface area contributed by atoms with Gasteiger partial charge in [-0.05, 0) is 156 Å². The van der Waals surface area contributed by atoms with Gasteiger partial charge >= 0.3 is 0 Å². The first-order valence-corrected chi connectivity index (χ1v) is 30.3. The number of halogens is 4. The van der Waals surface area contributed by atoms with Crippen LogP contribution >= 0.6 is 57.7 Å². The van der Waals surface area contributed by atoms with Gasteiger partial charge in [-0.2, -0.15) is 0 Å². The maximum absolute atomic E-state index is 13.1. The molecule has 0 unspecified atom stereocenters. The molecule has 0 saturated heterocycles. The van der Waals surface area contributed by atoms with Crippen LogP contribution in [0.5, 0.6) is 0 Å². The van der Waals surface area contributed by atoms with Crippen molar-refractivity contribution < 1.29 is 33.6 Å². The second-order valence-electron chi connectivity index (χ2n) is 22.9. The molecular formula is C58H65Cl4N13O7S. The normalized spacial score (nSPS) is 18.8. The molecule has 438 valence electrons. The zero-order valence-electron chi connectivity index (χ0n) is 47.3. The molecule has 25 heteroatoms. The van der Waals surface area contributed by atoms with Gasteiger partial charge < -0.3 is 41.3 Å². The number of nitrogens with one attached hydrogen (secondary N) is 3. The summed E-state index contributed by atoms with van der Waals surface area (Å²) in [6, 6.07) is 8.04. The average Bonchev–Trinajstić information content (AvgIpc) is 4.11. The van der Waals surface area contributed by atoms with Gasteiger partial charge in [0.1, 0.15) is 38.1 Å². The lowest BCUT2D eigenvalue weighted by atomic mass is 10.1. The third kappa shape index (κ3) is 12.9. The van der Waals surface area contributed by atoms with Gasteiger partial charge in [0.05, 0.1) is 38.5 Å². The summed E-state index contributed by atoms with van der Waals surface area (Å²) < 4.78 is 0. The van der Waals surface area contributed by atoms with Crippen molar-refractivity contribution in [2.75, 3.05) is 21.7 Å². The van der Waals surface area contributed by atoms with Crippen LogP contribution < -0.4 is 21.7 Å². The van der Waals surface area contributed by atoms with E-state index < -0.39 is 0 Å². The number of hydrogen-bond donors (Lipinski definition) is 4. The Hall–Kier alpha value is -6.52. The van der Waals surface area contributed by atoms with Crippen LogP contribution in [-0.4, -0.2) is 110 Å². The molecule has 5 N–H and O–H groups in total. The number of nitrogens with zero attached hydrogens (tertiary/aromatic N) is 9. The van der Waals surface area contributed by atoms with Crippen LogP contribution in [0.2, 0.25) is 20.6 Å². The van der Waals surface area contributed by atoms with Crippen molar-refractivity contribution in [2.24, 2.45) is 23.7 Å². The summed E-state index contributed by atoms with van der Waals surface area (Å²) in [6.45, 7) is 16.7. The van der Waals surface area contributed by atoms with Crippen LogP contribution in [0.4, 0.5) is 22.6 Å². The number of pyridine rings is 4. The first-order chi connectivity index (χ1) is 39.4. The quantitative estimate of drug-likeness (QED) is 0.0849. The molecular weight excluding hydrogens is 1160 g/mol. The van der Waals surface area contributed by atoms with Gasteiger partial charge in [-0.1, -0.05) is 57.7 Å². The van der Waals surface area contributed by atoms with Gasteiger partial charge in [0.15, 0.2) is 5.13 Å². The summed E-state index contributed by atoms with van der Waals surface area (Å²) in [5, 5.41) is 9.73. The monoisotopic (exact) mass is 1230 g/mol. The standard InChI is InChI=1S/C20H23N5O3S.C14H16ClN3O2.C12H12Cl2N2O.C12H14ClN3O/c1-9-17(29-20(21-9)23-12(4)27)15-7-14-8-25(10(2)13-5-6-13)19(28)16(14)18(24-15)22-11(3)26;1-7(9-3-4-9)18-6-10-5-11(15)17-13(16-8(2)19)12(10)14(18)20;2*1-6(7-2-3-7)16-5-8-4-9(13)15-11(14)10(8)12(16)17/h7,10,13H,5-6,8H2,1-4H3,(H,21,23,27)(H,22,24,26);5,7,9H,3-4,6H2,1-2H3,(H,16,17,19);4,6-7H,2-3,5H2,1H3;4,6-7H,2-3,5H2,1H3,(H2,14,15)/t10-;7-;2*6-/m0000/s1. The van der Waals surface area contributed by atoms with E-state index in [-0.39, 0.29) is 88.1 Å². The minimum absolute atomic E-state index is 0.000988. The number of amides is 7. The van der Waals surface area contributed by atoms with E-state index in [0.717, 1.165) is 45.7 Å². The molecule has 4 aliphatic carbocycles. The number of rotatable bonds is 12. The molecule has 20 nitrogen and oxygen atoms in total. The fourth-order valence-electron chi connectivity index (χ4n) is 11.4. The minimum atomic E-state index is -0.279. The van der Waals surface area contributed by atoms with Crippen molar-refractivity contribution in [1.29, 1.82) is 0 Å². The molecule has 0 aromatic carbocycles. The van der Waals surface area contributed by atoms with Crippen LogP contribution in [0.1, 0.15) is 169 Å². The van der Waals surface area contributed by atoms with E-state index in [1.807, 2.05) is 32.6 Å². The Kier molecular flexibility index (Phi) is 17.1. The number of thiazole rings is 1. The van der Waals surface area contributed by atoms with Crippen LogP contribution in [0.25, 0.3) is 10.6 Å². The Labute approximate surface area is 505 Å². The molecule has 83 heavy (non-hydrogen) atoms. The van der Waals surface area contributed by atoms with Crippen LogP contribution in [0, 0.1) is 30.6 Å². The topological polar surface area (TPSA) is 259 Å². The highest BCUT2D eigenvalue weighted by molar-refractivity contribution is 7.19. The van der Waals surface area contributed by atoms with E-state index in [0.29, 0.717) is 98.4 Å². The zero-order valence-corrected chi connectivity index (χ0v) is 51.1. The number of anilines is 4. The summed E-state index contributed by atoms with van der Waals surface area (Å²) in [7, 11) is 0. The van der Waals surface area contributed by atoms with E-state index in [1.165, 1.54) is 70.6 Å². The number of aryl methyl sites for hydroxylation is 1. The Morgan fingerprint density at radius 3 is 1.28 bits per heavy atom. The summed E-state index contributed by atoms with van der Waals surface area (Å²) >= 11 is 25.0. The molecule has 4 fully saturated rings. The van der Waals surface area contributed by atoms with Gasteiger partial charge in [-0.15, -0.1) is 0 Å². The van der Waals surface area contributed by atoms with E-state index in [9.17, 15) is 33.6 Å². The number of carbonyl (C=O) groups is 7. The number of aromatic nitrogens is 5. The molecule has 4 atom stereocenters. The van der Waals surface area contributed by atoms with Crippen molar-refractivity contribution >= 4 is 122 Å². The lowest BCUT2D eigenvalue weighted by molar-refractivity contribution is -0.115. The molecule has 9 heterocycles. The summed E-state index contributed by atoms with van der Waals surface area (Å²) in [4.78, 5) is 114. The van der Waals surface area contributed by atoms with Crippen LogP contribution in [-0.2, 0) is 40.6 Å². The minimum Gasteiger partial charge on any atom is -0.383 e. The van der Waals surface area contributed by atoms with Crippen molar-refractivity contribution in [3.05, 3.63) is 95.1 Å². The van der Waals surface area contributed by atoms with Gasteiger partial charge in [0.25, 0.3) is 23.6 Å². The Bertz CT molecular complexity index is 3420. The SMILES string of the molecule is CC(=O)Nc1nc(C)c(-c2cc3c(c(NC(C)=O)n2)C(=O)N([C@@H](C)C2CC2)C3)s1.CC(=O)Nc1nc(Cl)cc2c1C(=O)N([C@@H](C)C1CC1)C2.C[C@@H](C1CC1)N1Cc2cc(Cl)nc(Cl)c2C1=O.C[C@@H](C1CC1)N1Cc2cc(Cl)nc(N)c2C1=O. The molecule has 8 aliphatic rings.